The molecule has 2 rings (SSSR count). The fraction of sp³-hybridized carbons (Fsp3) is 0.533. The molecule has 0 aromatic heterocycles. The van der Waals surface area contributed by atoms with Gasteiger partial charge in [0.2, 0.25) is 5.91 Å². The lowest BCUT2D eigenvalue weighted by Gasteiger charge is -2.37. The molecule has 1 heterocycles. The summed E-state index contributed by atoms with van der Waals surface area (Å²) in [5.74, 6) is -0.329. The zero-order chi connectivity index (χ0) is 15.4. The summed E-state index contributed by atoms with van der Waals surface area (Å²) in [7, 11) is 0. The third-order valence-corrected chi connectivity index (χ3v) is 4.06. The van der Waals surface area contributed by atoms with Gasteiger partial charge in [0, 0.05) is 26.2 Å². The Morgan fingerprint density at radius 2 is 2.05 bits per heavy atom. The molecule has 1 unspecified atom stereocenters. The molecule has 1 atom stereocenters. The van der Waals surface area contributed by atoms with E-state index >= 15 is 0 Å². The number of carbonyl (C=O) groups excluding carboxylic acids is 1. The summed E-state index contributed by atoms with van der Waals surface area (Å²) in [6, 6.07) is 3.98. The number of piperazine rings is 1. The van der Waals surface area contributed by atoms with Gasteiger partial charge in [0.05, 0.1) is 16.8 Å². The van der Waals surface area contributed by atoms with E-state index < -0.39 is 6.04 Å². The van der Waals surface area contributed by atoms with Crippen LogP contribution in [0, 0.1) is 5.82 Å². The molecule has 1 saturated heterocycles. The third-order valence-electron chi connectivity index (χ3n) is 3.76. The van der Waals surface area contributed by atoms with Gasteiger partial charge in [-0.1, -0.05) is 24.9 Å². The van der Waals surface area contributed by atoms with E-state index in [-0.39, 0.29) is 11.7 Å². The fourth-order valence-electron chi connectivity index (χ4n) is 2.57. The second-order valence-corrected chi connectivity index (χ2v) is 5.71. The minimum absolute atomic E-state index is 0.0155. The van der Waals surface area contributed by atoms with Crippen molar-refractivity contribution in [1.82, 2.24) is 4.90 Å². The van der Waals surface area contributed by atoms with Gasteiger partial charge >= 0.3 is 0 Å². The standard InChI is InChI=1S/C15H21ClFN3O/c1-2-3-13(18)15(21)20-8-6-19(7-9-20)14-5-4-11(17)10-12(14)16/h4-5,10,13H,2-3,6-9,18H2,1H3. The van der Waals surface area contributed by atoms with Crippen LogP contribution in [0.5, 0.6) is 0 Å². The number of anilines is 1. The Balaban J connectivity index is 1.95. The lowest BCUT2D eigenvalue weighted by Crippen LogP contribution is -2.53. The van der Waals surface area contributed by atoms with Crippen molar-refractivity contribution in [2.24, 2.45) is 5.73 Å². The van der Waals surface area contributed by atoms with Gasteiger partial charge in [0.15, 0.2) is 0 Å². The van der Waals surface area contributed by atoms with Crippen LogP contribution in [0.1, 0.15) is 19.8 Å². The summed E-state index contributed by atoms with van der Waals surface area (Å²) in [5, 5.41) is 0.400. The number of hydrogen-bond acceptors (Lipinski definition) is 3. The van der Waals surface area contributed by atoms with Gasteiger partial charge in [0.1, 0.15) is 5.82 Å². The molecule has 0 saturated carbocycles. The van der Waals surface area contributed by atoms with E-state index in [2.05, 4.69) is 4.90 Å². The van der Waals surface area contributed by atoms with E-state index in [0.717, 1.165) is 12.1 Å². The van der Waals surface area contributed by atoms with Crippen LogP contribution >= 0.6 is 11.6 Å². The summed E-state index contributed by atoms with van der Waals surface area (Å²) >= 11 is 6.07. The van der Waals surface area contributed by atoms with Crippen molar-refractivity contribution in [3.63, 3.8) is 0 Å². The number of nitrogens with two attached hydrogens (primary N) is 1. The molecule has 0 radical (unpaired) electrons. The fourth-order valence-corrected chi connectivity index (χ4v) is 2.86. The van der Waals surface area contributed by atoms with Gasteiger partial charge in [-0.25, -0.2) is 4.39 Å². The number of benzene rings is 1. The van der Waals surface area contributed by atoms with E-state index in [1.54, 1.807) is 11.0 Å². The van der Waals surface area contributed by atoms with Crippen LogP contribution in [0.25, 0.3) is 0 Å². The minimum Gasteiger partial charge on any atom is -0.367 e. The Morgan fingerprint density at radius 1 is 1.38 bits per heavy atom. The normalized spacial score (nSPS) is 17.0. The van der Waals surface area contributed by atoms with Crippen LogP contribution in [-0.4, -0.2) is 43.0 Å². The largest absolute Gasteiger partial charge is 0.367 e. The van der Waals surface area contributed by atoms with Gasteiger partial charge < -0.3 is 15.5 Å². The summed E-state index contributed by atoms with van der Waals surface area (Å²) in [6.07, 6.45) is 1.61. The Hall–Kier alpha value is -1.33. The molecule has 1 aliphatic heterocycles. The van der Waals surface area contributed by atoms with Crippen LogP contribution in [-0.2, 0) is 4.79 Å². The first-order valence-electron chi connectivity index (χ1n) is 7.27. The van der Waals surface area contributed by atoms with Crippen molar-refractivity contribution < 1.29 is 9.18 Å². The lowest BCUT2D eigenvalue weighted by atomic mass is 10.1. The van der Waals surface area contributed by atoms with Crippen LogP contribution in [0.15, 0.2) is 18.2 Å². The van der Waals surface area contributed by atoms with Crippen LogP contribution in [0.3, 0.4) is 0 Å². The van der Waals surface area contributed by atoms with E-state index in [1.807, 2.05) is 6.92 Å². The Labute approximate surface area is 129 Å². The molecule has 1 aromatic carbocycles. The summed E-state index contributed by atoms with van der Waals surface area (Å²) in [4.78, 5) is 16.0. The van der Waals surface area contributed by atoms with E-state index in [9.17, 15) is 9.18 Å². The van der Waals surface area contributed by atoms with Crippen LogP contribution < -0.4 is 10.6 Å². The molecule has 4 nitrogen and oxygen atoms in total. The van der Waals surface area contributed by atoms with Crippen molar-refractivity contribution in [2.75, 3.05) is 31.1 Å². The van der Waals surface area contributed by atoms with Gasteiger partial charge in [-0.15, -0.1) is 0 Å². The molecule has 21 heavy (non-hydrogen) atoms. The molecule has 2 N–H and O–H groups in total. The lowest BCUT2D eigenvalue weighted by molar-refractivity contribution is -0.133. The highest BCUT2D eigenvalue weighted by molar-refractivity contribution is 6.33. The monoisotopic (exact) mass is 313 g/mol. The highest BCUT2D eigenvalue weighted by atomic mass is 35.5. The molecular formula is C15H21ClFN3O. The van der Waals surface area contributed by atoms with Crippen LogP contribution in [0.4, 0.5) is 10.1 Å². The number of rotatable bonds is 4. The van der Waals surface area contributed by atoms with Crippen molar-refractivity contribution in [1.29, 1.82) is 0 Å². The average Bonchev–Trinajstić information content (AvgIpc) is 2.47. The predicted molar refractivity (Wildman–Crippen MR) is 83.1 cm³/mol. The van der Waals surface area contributed by atoms with Gasteiger partial charge in [-0.3, -0.25) is 4.79 Å². The smallest absolute Gasteiger partial charge is 0.239 e. The summed E-state index contributed by atoms with van der Waals surface area (Å²) in [6.45, 7) is 4.60. The zero-order valence-corrected chi connectivity index (χ0v) is 12.9. The van der Waals surface area contributed by atoms with E-state index in [4.69, 9.17) is 17.3 Å². The molecule has 0 bridgehead atoms. The SMILES string of the molecule is CCCC(N)C(=O)N1CCN(c2ccc(F)cc2Cl)CC1. The maximum atomic E-state index is 13.1. The average molecular weight is 314 g/mol. The molecule has 0 aliphatic carbocycles. The van der Waals surface area contributed by atoms with Crippen molar-refractivity contribution >= 4 is 23.2 Å². The molecule has 1 fully saturated rings. The van der Waals surface area contributed by atoms with Crippen LogP contribution in [0.2, 0.25) is 5.02 Å². The topological polar surface area (TPSA) is 49.6 Å². The first kappa shape index (κ1) is 16.0. The molecule has 6 heteroatoms. The Kier molecular flexibility index (Phi) is 5.42. The summed E-state index contributed by atoms with van der Waals surface area (Å²) in [5.41, 5.74) is 6.69. The van der Waals surface area contributed by atoms with Crippen molar-refractivity contribution in [3.05, 3.63) is 29.0 Å². The van der Waals surface area contributed by atoms with Gasteiger partial charge in [0.25, 0.3) is 0 Å². The number of hydrogen-bond donors (Lipinski definition) is 1. The zero-order valence-electron chi connectivity index (χ0n) is 12.2. The van der Waals surface area contributed by atoms with E-state index in [1.165, 1.54) is 12.1 Å². The Bertz CT molecular complexity index is 504. The maximum Gasteiger partial charge on any atom is 0.239 e. The first-order valence-corrected chi connectivity index (χ1v) is 7.65. The van der Waals surface area contributed by atoms with E-state index in [0.29, 0.717) is 37.6 Å². The number of halogens is 2. The highest BCUT2D eigenvalue weighted by Crippen LogP contribution is 2.27. The summed E-state index contributed by atoms with van der Waals surface area (Å²) < 4.78 is 13.1. The molecule has 1 aromatic rings. The number of carbonyl (C=O) groups is 1. The molecule has 1 amide bonds. The molecular weight excluding hydrogens is 293 g/mol. The second kappa shape index (κ2) is 7.09. The van der Waals surface area contributed by atoms with Crippen molar-refractivity contribution in [3.8, 4) is 0 Å². The third kappa shape index (κ3) is 3.86. The molecule has 1 aliphatic rings. The maximum absolute atomic E-state index is 13.1. The molecule has 116 valence electrons. The van der Waals surface area contributed by atoms with Gasteiger partial charge in [-0.2, -0.15) is 0 Å². The highest BCUT2D eigenvalue weighted by Gasteiger charge is 2.25. The first-order chi connectivity index (χ1) is 10.0. The Morgan fingerprint density at radius 3 is 2.62 bits per heavy atom. The second-order valence-electron chi connectivity index (χ2n) is 5.30. The van der Waals surface area contributed by atoms with Gasteiger partial charge in [-0.05, 0) is 24.6 Å². The van der Waals surface area contributed by atoms with Crippen molar-refractivity contribution in [2.45, 2.75) is 25.8 Å². The minimum atomic E-state index is -0.407. The quantitative estimate of drug-likeness (QED) is 0.927. The number of nitrogens with zero attached hydrogens (tertiary/aromatic N) is 2. The predicted octanol–water partition coefficient (Wildman–Crippen LogP) is 2.26. The number of amides is 1. The molecule has 0 spiro atoms.